The summed E-state index contributed by atoms with van der Waals surface area (Å²) in [5, 5.41) is 0. The van der Waals surface area contributed by atoms with Crippen LogP contribution in [0.15, 0.2) is 0 Å². The molecule has 0 bridgehead atoms. The van der Waals surface area contributed by atoms with Crippen LogP contribution in [-0.4, -0.2) is 0 Å². The van der Waals surface area contributed by atoms with Gasteiger partial charge in [0.05, 0.1) is 0 Å². The topological polar surface area (TPSA) is 57.0 Å². The van der Waals surface area contributed by atoms with E-state index < -0.39 is 0 Å². The van der Waals surface area contributed by atoms with Crippen molar-refractivity contribution in [1.29, 1.82) is 0 Å². The first-order chi connectivity index (χ1) is 0. The molecule has 0 amide bonds. The van der Waals surface area contributed by atoms with Gasteiger partial charge in [-0.2, -0.15) is 0 Å². The second-order valence-electron chi connectivity index (χ2n) is 0. The fourth-order valence-corrected chi connectivity index (χ4v) is 0. The summed E-state index contributed by atoms with van der Waals surface area (Å²) in [5.74, 6) is 0. The Labute approximate surface area is 59.2 Å². The first-order valence-electron chi connectivity index (χ1n) is 0. The van der Waals surface area contributed by atoms with E-state index in [2.05, 4.69) is 0 Å². The molecule has 16 valence electrons. The van der Waals surface area contributed by atoms with E-state index in [4.69, 9.17) is 0 Å². The van der Waals surface area contributed by atoms with Crippen molar-refractivity contribution in [3.63, 3.8) is 0 Å². The second kappa shape index (κ2) is 23.9. The summed E-state index contributed by atoms with van der Waals surface area (Å²) in [6, 6.07) is 0. The summed E-state index contributed by atoms with van der Waals surface area (Å²) in [6.45, 7) is 0. The monoisotopic (exact) mass is 215 g/mol. The minimum absolute atomic E-state index is 0. The molecule has 4 heteroatoms. The Balaban J connectivity index is 0. The predicted octanol–water partition coefficient (Wildman–Crippen LogP) is -0.243. The Morgan fingerprint density at radius 1 is 0.750 bits per heavy atom. The van der Waals surface area contributed by atoms with Gasteiger partial charge in [0.25, 0.3) is 0 Å². The molecule has 0 aliphatic rings. The van der Waals surface area contributed by atoms with Crippen LogP contribution in [0, 0.1) is 0 Å². The van der Waals surface area contributed by atoms with Gasteiger partial charge < -0.3 is 11.0 Å². The third kappa shape index (κ3) is 9.62. The van der Waals surface area contributed by atoms with Gasteiger partial charge in [0.2, 0.25) is 0 Å². The van der Waals surface area contributed by atoms with Crippen molar-refractivity contribution in [2.45, 2.75) is 0 Å². The van der Waals surface area contributed by atoms with Gasteiger partial charge >= 0.3 is 48.6 Å². The van der Waals surface area contributed by atoms with Crippen LogP contribution in [0.4, 0.5) is 0 Å². The quantitative estimate of drug-likeness (QED) is 0.502. The van der Waals surface area contributed by atoms with E-state index in [0.717, 1.165) is 0 Å². The van der Waals surface area contributed by atoms with Crippen LogP contribution in [0.2, 0.25) is 0 Å². The summed E-state index contributed by atoms with van der Waals surface area (Å²) in [6.07, 6.45) is 0. The fraction of sp³-hybridized carbons (Fsp3) is 0. The predicted molar refractivity (Wildman–Crippen MR) is 1.37 cm³/mol. The zero-order valence-corrected chi connectivity index (χ0v) is 6.42. The standard InChI is InChI=1S/Nb.2O.Zr/q+5;2*-2;+4. The molecule has 4 heavy (non-hydrogen) atoms. The van der Waals surface area contributed by atoms with Crippen LogP contribution >= 0.6 is 0 Å². The first-order valence-corrected chi connectivity index (χ1v) is 0. The first kappa shape index (κ1) is 48.0. The summed E-state index contributed by atoms with van der Waals surface area (Å²) >= 11 is 0. The van der Waals surface area contributed by atoms with Crippen molar-refractivity contribution in [2.24, 2.45) is 0 Å². The largest absolute Gasteiger partial charge is 5.00 e. The third-order valence-electron chi connectivity index (χ3n) is 0. The van der Waals surface area contributed by atoms with E-state index >= 15 is 0 Å². The zero-order valence-electron chi connectivity index (χ0n) is 1.76. The molecule has 0 unspecified atom stereocenters. The average Bonchev–Trinajstić information content (AvgIpc) is 0. The molecule has 0 saturated heterocycles. The van der Waals surface area contributed by atoms with Gasteiger partial charge in [-0.25, -0.2) is 0 Å². The average molecular weight is 216 g/mol. The van der Waals surface area contributed by atoms with Gasteiger partial charge in [-0.1, -0.05) is 0 Å². The molecule has 0 saturated carbocycles. The Hall–Kier alpha value is 1.54. The van der Waals surface area contributed by atoms with Crippen LogP contribution in [-0.2, 0) is 59.5 Å². The molecular formula is NbO2Zr+5. The SMILES string of the molecule is [Nb+5].[O-2].[O-2].[Zr+4]. The molecule has 0 rings (SSSR count). The second-order valence-corrected chi connectivity index (χ2v) is 0. The van der Waals surface area contributed by atoms with Gasteiger partial charge in [0.15, 0.2) is 0 Å². The molecule has 0 aromatic heterocycles. The van der Waals surface area contributed by atoms with E-state index in [1.165, 1.54) is 0 Å². The molecule has 0 atom stereocenters. The Morgan fingerprint density at radius 3 is 0.750 bits per heavy atom. The van der Waals surface area contributed by atoms with Crippen LogP contribution in [0.5, 0.6) is 0 Å². The van der Waals surface area contributed by atoms with Crippen molar-refractivity contribution in [3.8, 4) is 0 Å². The minimum Gasteiger partial charge on any atom is -2.00 e. The Morgan fingerprint density at radius 2 is 0.750 bits per heavy atom. The van der Waals surface area contributed by atoms with E-state index in [0.29, 0.717) is 0 Å². The molecule has 0 N–H and O–H groups in total. The molecule has 0 heterocycles. The molecule has 2 nitrogen and oxygen atoms in total. The third-order valence-corrected chi connectivity index (χ3v) is 0. The molecule has 0 aromatic rings. The smallest absolute Gasteiger partial charge is 2.00 e. The Kier molecular flexibility index (Phi) is 288. The molecule has 0 aliphatic heterocycles. The van der Waals surface area contributed by atoms with Crippen LogP contribution in [0.25, 0.3) is 0 Å². The van der Waals surface area contributed by atoms with E-state index in [-0.39, 0.29) is 59.5 Å². The molecule has 0 radical (unpaired) electrons. The maximum absolute atomic E-state index is 0. The molecule has 0 aromatic carbocycles. The van der Waals surface area contributed by atoms with E-state index in [9.17, 15) is 0 Å². The van der Waals surface area contributed by atoms with Crippen molar-refractivity contribution in [1.82, 2.24) is 0 Å². The van der Waals surface area contributed by atoms with Gasteiger partial charge in [0.1, 0.15) is 0 Å². The summed E-state index contributed by atoms with van der Waals surface area (Å²) in [4.78, 5) is 0. The van der Waals surface area contributed by atoms with Crippen molar-refractivity contribution < 1.29 is 59.5 Å². The fourth-order valence-electron chi connectivity index (χ4n) is 0. The summed E-state index contributed by atoms with van der Waals surface area (Å²) < 4.78 is 0. The maximum atomic E-state index is 0. The van der Waals surface area contributed by atoms with Crippen molar-refractivity contribution in [3.05, 3.63) is 0 Å². The molecule has 0 spiro atoms. The van der Waals surface area contributed by atoms with Gasteiger partial charge in [-0.05, 0) is 0 Å². The number of hydrogen-bond donors (Lipinski definition) is 0. The number of rotatable bonds is 0. The molecular weight excluding hydrogens is 216 g/mol. The van der Waals surface area contributed by atoms with Gasteiger partial charge in [-0.3, -0.25) is 0 Å². The van der Waals surface area contributed by atoms with Gasteiger partial charge in [-0.15, -0.1) is 0 Å². The maximum Gasteiger partial charge on any atom is 5.00 e. The molecule has 0 fully saturated rings. The van der Waals surface area contributed by atoms with Crippen LogP contribution < -0.4 is 0 Å². The van der Waals surface area contributed by atoms with Crippen LogP contribution in [0.3, 0.4) is 0 Å². The molecule has 0 aliphatic carbocycles. The van der Waals surface area contributed by atoms with E-state index in [1.807, 2.05) is 0 Å². The van der Waals surface area contributed by atoms with Crippen LogP contribution in [0.1, 0.15) is 0 Å². The van der Waals surface area contributed by atoms with Crippen molar-refractivity contribution >= 4 is 0 Å². The van der Waals surface area contributed by atoms with Gasteiger partial charge in [0, 0.05) is 0 Å². The summed E-state index contributed by atoms with van der Waals surface area (Å²) in [5.41, 5.74) is 0. The zero-order chi connectivity index (χ0) is 0. The van der Waals surface area contributed by atoms with E-state index in [1.54, 1.807) is 0 Å². The Bertz CT molecular complexity index is 6.00. The normalized spacial score (nSPS) is 0. The summed E-state index contributed by atoms with van der Waals surface area (Å²) in [7, 11) is 0. The number of hydrogen-bond acceptors (Lipinski definition) is 0. The van der Waals surface area contributed by atoms with Crippen molar-refractivity contribution in [2.75, 3.05) is 0 Å². The minimum atomic E-state index is 0.